The summed E-state index contributed by atoms with van der Waals surface area (Å²) in [5.41, 5.74) is 1.41. The van der Waals surface area contributed by atoms with Crippen LogP contribution in [-0.2, 0) is 9.47 Å². The van der Waals surface area contributed by atoms with Crippen molar-refractivity contribution in [1.29, 1.82) is 0 Å². The zero-order valence-corrected chi connectivity index (χ0v) is 10.9. The minimum absolute atomic E-state index is 0.0741. The topological polar surface area (TPSA) is 18.5 Å². The van der Waals surface area contributed by atoms with Crippen molar-refractivity contribution in [3.05, 3.63) is 11.6 Å². The van der Waals surface area contributed by atoms with Gasteiger partial charge < -0.3 is 9.47 Å². The van der Waals surface area contributed by atoms with Crippen molar-refractivity contribution >= 4 is 0 Å². The quantitative estimate of drug-likeness (QED) is 0.452. The molecule has 0 fully saturated rings. The molecule has 90 valence electrons. The van der Waals surface area contributed by atoms with E-state index in [-0.39, 0.29) is 6.29 Å². The van der Waals surface area contributed by atoms with E-state index in [2.05, 4.69) is 26.8 Å². The fraction of sp³-hybridized carbons (Fsp3) is 0.846. The van der Waals surface area contributed by atoms with E-state index >= 15 is 0 Å². The lowest BCUT2D eigenvalue weighted by atomic mass is 10.0. The Balaban J connectivity index is 3.41. The monoisotopic (exact) mass is 214 g/mol. The van der Waals surface area contributed by atoms with Gasteiger partial charge in [0.25, 0.3) is 0 Å². The van der Waals surface area contributed by atoms with Crippen LogP contribution in [0.15, 0.2) is 11.6 Å². The molecule has 0 aromatic carbocycles. The first kappa shape index (κ1) is 14.7. The highest BCUT2D eigenvalue weighted by Crippen LogP contribution is 2.12. The molecular weight excluding hydrogens is 188 g/mol. The van der Waals surface area contributed by atoms with E-state index in [1.807, 2.05) is 6.92 Å². The Kier molecular flexibility index (Phi) is 8.73. The summed E-state index contributed by atoms with van der Waals surface area (Å²) in [7, 11) is 1.67. The molecule has 0 N–H and O–H groups in total. The molecule has 0 aromatic rings. The second-order valence-electron chi connectivity index (χ2n) is 4.43. The normalized spacial score (nSPS) is 14.7. The lowest BCUT2D eigenvalue weighted by Crippen LogP contribution is -2.12. The molecule has 0 aromatic heterocycles. The van der Waals surface area contributed by atoms with Gasteiger partial charge in [-0.2, -0.15) is 0 Å². The molecule has 0 spiro atoms. The second kappa shape index (κ2) is 8.93. The smallest absolute Gasteiger partial charge is 0.154 e. The largest absolute Gasteiger partial charge is 0.356 e. The van der Waals surface area contributed by atoms with Gasteiger partial charge >= 0.3 is 0 Å². The van der Waals surface area contributed by atoms with E-state index in [9.17, 15) is 0 Å². The molecule has 0 saturated heterocycles. The number of rotatable bonds is 8. The summed E-state index contributed by atoms with van der Waals surface area (Å²) in [5.74, 6) is 0.727. The van der Waals surface area contributed by atoms with E-state index in [1.165, 1.54) is 18.4 Å². The maximum Gasteiger partial charge on any atom is 0.154 e. The Morgan fingerprint density at radius 2 is 1.87 bits per heavy atom. The van der Waals surface area contributed by atoms with Gasteiger partial charge in [0.05, 0.1) is 0 Å². The van der Waals surface area contributed by atoms with Gasteiger partial charge in [0, 0.05) is 13.7 Å². The average molecular weight is 214 g/mol. The lowest BCUT2D eigenvalue weighted by Gasteiger charge is -2.14. The minimum Gasteiger partial charge on any atom is -0.356 e. The highest BCUT2D eigenvalue weighted by atomic mass is 16.7. The van der Waals surface area contributed by atoms with Crippen LogP contribution in [0.1, 0.15) is 47.0 Å². The maximum absolute atomic E-state index is 5.45. The van der Waals surface area contributed by atoms with Crippen LogP contribution < -0.4 is 0 Å². The SMILES string of the molecule is COC(C)OCCC(C)CCC=C(C)C. The molecule has 2 atom stereocenters. The first-order chi connectivity index (χ1) is 7.06. The van der Waals surface area contributed by atoms with Gasteiger partial charge in [-0.15, -0.1) is 0 Å². The van der Waals surface area contributed by atoms with Crippen molar-refractivity contribution in [2.75, 3.05) is 13.7 Å². The summed E-state index contributed by atoms with van der Waals surface area (Å²) < 4.78 is 10.5. The van der Waals surface area contributed by atoms with Crippen LogP contribution in [0, 0.1) is 5.92 Å². The lowest BCUT2D eigenvalue weighted by molar-refractivity contribution is -0.113. The molecule has 0 amide bonds. The van der Waals surface area contributed by atoms with Crippen LogP contribution in [0.4, 0.5) is 0 Å². The fourth-order valence-corrected chi connectivity index (χ4v) is 1.30. The van der Waals surface area contributed by atoms with E-state index in [0.29, 0.717) is 0 Å². The van der Waals surface area contributed by atoms with Crippen LogP contribution in [0.5, 0.6) is 0 Å². The summed E-state index contributed by atoms with van der Waals surface area (Å²) in [6, 6.07) is 0. The van der Waals surface area contributed by atoms with Gasteiger partial charge in [0.2, 0.25) is 0 Å². The first-order valence-electron chi connectivity index (χ1n) is 5.84. The Morgan fingerprint density at radius 1 is 1.20 bits per heavy atom. The van der Waals surface area contributed by atoms with Crippen molar-refractivity contribution in [3.63, 3.8) is 0 Å². The highest BCUT2D eigenvalue weighted by Gasteiger charge is 2.03. The molecule has 0 aliphatic heterocycles. The zero-order chi connectivity index (χ0) is 11.7. The Morgan fingerprint density at radius 3 is 2.40 bits per heavy atom. The molecule has 0 radical (unpaired) electrons. The molecular formula is C13H26O2. The fourth-order valence-electron chi connectivity index (χ4n) is 1.30. The Labute approximate surface area is 94.7 Å². The van der Waals surface area contributed by atoms with Crippen LogP contribution in [-0.4, -0.2) is 20.0 Å². The Bertz CT molecular complexity index is 171. The van der Waals surface area contributed by atoms with Crippen LogP contribution in [0.2, 0.25) is 0 Å². The van der Waals surface area contributed by atoms with Gasteiger partial charge in [0.1, 0.15) is 0 Å². The maximum atomic E-state index is 5.45. The van der Waals surface area contributed by atoms with Gasteiger partial charge in [-0.05, 0) is 46.0 Å². The van der Waals surface area contributed by atoms with Gasteiger partial charge in [-0.25, -0.2) is 0 Å². The summed E-state index contributed by atoms with van der Waals surface area (Å²) in [4.78, 5) is 0. The van der Waals surface area contributed by atoms with E-state index in [4.69, 9.17) is 9.47 Å². The van der Waals surface area contributed by atoms with E-state index < -0.39 is 0 Å². The molecule has 0 aliphatic carbocycles. The predicted molar refractivity (Wildman–Crippen MR) is 64.9 cm³/mol. The molecule has 0 saturated carbocycles. The molecule has 2 unspecified atom stereocenters. The summed E-state index contributed by atoms with van der Waals surface area (Å²) in [6.45, 7) is 9.29. The van der Waals surface area contributed by atoms with Crippen molar-refractivity contribution < 1.29 is 9.47 Å². The standard InChI is InChI=1S/C13H26O2/c1-11(2)7-6-8-12(3)9-10-15-13(4)14-5/h7,12-13H,6,8-10H2,1-5H3. The second-order valence-corrected chi connectivity index (χ2v) is 4.43. The van der Waals surface area contributed by atoms with Crippen molar-refractivity contribution in [2.45, 2.75) is 53.2 Å². The third kappa shape index (κ3) is 9.95. The number of hydrogen-bond acceptors (Lipinski definition) is 2. The number of ether oxygens (including phenoxy) is 2. The van der Waals surface area contributed by atoms with Crippen molar-refractivity contribution in [3.8, 4) is 0 Å². The molecule has 0 bridgehead atoms. The van der Waals surface area contributed by atoms with Gasteiger partial charge in [-0.3, -0.25) is 0 Å². The summed E-state index contributed by atoms with van der Waals surface area (Å²) in [6.07, 6.45) is 5.77. The van der Waals surface area contributed by atoms with Crippen LogP contribution in [0.25, 0.3) is 0 Å². The Hall–Kier alpha value is -0.340. The molecule has 0 aliphatic rings. The molecule has 2 nitrogen and oxygen atoms in total. The third-order valence-electron chi connectivity index (χ3n) is 2.51. The van der Waals surface area contributed by atoms with E-state index in [0.717, 1.165) is 18.9 Å². The molecule has 0 heterocycles. The third-order valence-corrected chi connectivity index (χ3v) is 2.51. The number of allylic oxidation sites excluding steroid dienone is 2. The predicted octanol–water partition coefficient (Wildman–Crippen LogP) is 3.77. The van der Waals surface area contributed by atoms with Crippen LogP contribution >= 0.6 is 0 Å². The molecule has 0 rings (SSSR count). The zero-order valence-electron chi connectivity index (χ0n) is 10.9. The summed E-state index contributed by atoms with van der Waals surface area (Å²) in [5, 5.41) is 0. The van der Waals surface area contributed by atoms with Gasteiger partial charge in [-0.1, -0.05) is 18.6 Å². The van der Waals surface area contributed by atoms with Gasteiger partial charge in [0.15, 0.2) is 6.29 Å². The molecule has 2 heteroatoms. The van der Waals surface area contributed by atoms with Crippen molar-refractivity contribution in [1.82, 2.24) is 0 Å². The average Bonchev–Trinajstić information content (AvgIpc) is 2.17. The van der Waals surface area contributed by atoms with Crippen LogP contribution in [0.3, 0.4) is 0 Å². The number of methoxy groups -OCH3 is 1. The highest BCUT2D eigenvalue weighted by molar-refractivity contribution is 4.92. The first-order valence-corrected chi connectivity index (χ1v) is 5.84. The van der Waals surface area contributed by atoms with Crippen molar-refractivity contribution in [2.24, 2.45) is 5.92 Å². The number of hydrogen-bond donors (Lipinski definition) is 0. The molecule has 15 heavy (non-hydrogen) atoms. The van der Waals surface area contributed by atoms with E-state index in [1.54, 1.807) is 7.11 Å². The minimum atomic E-state index is -0.0741. The summed E-state index contributed by atoms with van der Waals surface area (Å²) >= 11 is 0.